The van der Waals surface area contributed by atoms with Gasteiger partial charge in [-0.1, -0.05) is 29.0 Å². The van der Waals surface area contributed by atoms with E-state index in [2.05, 4.69) is 4.98 Å². The number of fused-ring (bicyclic) bond motifs is 1. The molecule has 4 aromatic rings. The zero-order valence-corrected chi connectivity index (χ0v) is 18.5. The molecule has 9 heteroatoms. The van der Waals surface area contributed by atoms with Gasteiger partial charge >= 0.3 is 0 Å². The minimum atomic E-state index is -3.45. The van der Waals surface area contributed by atoms with Crippen LogP contribution in [0, 0.1) is 6.92 Å². The topological polar surface area (TPSA) is 80.5 Å². The number of benzene rings is 2. The van der Waals surface area contributed by atoms with E-state index in [9.17, 15) is 13.2 Å². The second-order valence-corrected chi connectivity index (χ2v) is 10.3. The number of hydrogen-bond donors (Lipinski definition) is 0. The molecule has 4 rings (SSSR count). The lowest BCUT2D eigenvalue weighted by molar-refractivity contribution is 0.0983. The normalized spacial score (nSPS) is 11.7. The number of rotatable bonds is 5. The largest absolute Gasteiger partial charge is 0.467 e. The van der Waals surface area contributed by atoms with Crippen LogP contribution in [0.25, 0.3) is 10.2 Å². The van der Waals surface area contributed by atoms with Gasteiger partial charge < -0.3 is 4.42 Å². The van der Waals surface area contributed by atoms with E-state index in [0.29, 0.717) is 15.9 Å². The Morgan fingerprint density at radius 3 is 2.70 bits per heavy atom. The molecule has 0 spiro atoms. The van der Waals surface area contributed by atoms with Gasteiger partial charge in [-0.3, -0.25) is 9.69 Å². The third kappa shape index (κ3) is 4.12. The summed E-state index contributed by atoms with van der Waals surface area (Å²) < 4.78 is 30.1. The highest BCUT2D eigenvalue weighted by Gasteiger charge is 2.24. The van der Waals surface area contributed by atoms with Crippen LogP contribution in [-0.4, -0.2) is 25.6 Å². The lowest BCUT2D eigenvalue weighted by Crippen LogP contribution is -2.30. The summed E-state index contributed by atoms with van der Waals surface area (Å²) >= 11 is 7.51. The Balaban J connectivity index is 1.81. The zero-order valence-electron chi connectivity index (χ0n) is 16.1. The fourth-order valence-electron chi connectivity index (χ4n) is 3.06. The number of thiazole rings is 1. The monoisotopic (exact) mass is 460 g/mol. The number of sulfone groups is 1. The molecule has 0 fully saturated rings. The molecule has 0 bridgehead atoms. The number of nitrogens with zero attached hydrogens (tertiary/aromatic N) is 2. The molecule has 0 saturated carbocycles. The molecule has 1 amide bonds. The number of halogens is 1. The standard InChI is InChI=1S/C21H17ClN2O4S2/c1-13-9-15(22)11-18-19(13)23-21(29-18)24(12-16-6-4-8-28-16)20(25)14-5-3-7-17(10-14)30(2,26)27/h3-11H,12H2,1-2H3. The van der Waals surface area contributed by atoms with Crippen molar-refractivity contribution in [3.8, 4) is 0 Å². The molecular weight excluding hydrogens is 444 g/mol. The molecule has 2 aromatic heterocycles. The summed E-state index contributed by atoms with van der Waals surface area (Å²) in [6.45, 7) is 2.06. The van der Waals surface area contributed by atoms with E-state index in [-0.39, 0.29) is 22.9 Å². The molecule has 2 heterocycles. The molecule has 0 aliphatic carbocycles. The van der Waals surface area contributed by atoms with Crippen LogP contribution in [0.4, 0.5) is 5.13 Å². The van der Waals surface area contributed by atoms with Crippen molar-refractivity contribution < 1.29 is 17.6 Å². The van der Waals surface area contributed by atoms with E-state index < -0.39 is 9.84 Å². The van der Waals surface area contributed by atoms with Crippen molar-refractivity contribution >= 4 is 54.0 Å². The van der Waals surface area contributed by atoms with Crippen LogP contribution in [0.15, 0.2) is 64.1 Å². The van der Waals surface area contributed by atoms with E-state index in [0.717, 1.165) is 22.0 Å². The first-order valence-corrected chi connectivity index (χ1v) is 12.0. The molecule has 0 radical (unpaired) electrons. The Kier molecular flexibility index (Phi) is 5.40. The van der Waals surface area contributed by atoms with Crippen molar-refractivity contribution in [2.24, 2.45) is 0 Å². The number of carbonyl (C=O) groups is 1. The summed E-state index contributed by atoms with van der Waals surface area (Å²) in [6, 6.07) is 13.1. The molecular formula is C21H17ClN2O4S2. The first-order valence-electron chi connectivity index (χ1n) is 8.93. The van der Waals surface area contributed by atoms with Crippen LogP contribution in [0.1, 0.15) is 21.7 Å². The van der Waals surface area contributed by atoms with Gasteiger partial charge in [0.05, 0.1) is 27.9 Å². The van der Waals surface area contributed by atoms with Crippen LogP contribution in [0.2, 0.25) is 5.02 Å². The molecule has 0 atom stereocenters. The number of anilines is 1. The fourth-order valence-corrected chi connectivity index (χ4v) is 5.14. The van der Waals surface area contributed by atoms with Crippen molar-refractivity contribution in [1.29, 1.82) is 0 Å². The van der Waals surface area contributed by atoms with E-state index in [1.807, 2.05) is 19.1 Å². The molecule has 0 aliphatic rings. The van der Waals surface area contributed by atoms with E-state index in [1.54, 1.807) is 24.3 Å². The maximum absolute atomic E-state index is 13.4. The van der Waals surface area contributed by atoms with Crippen LogP contribution in [0.5, 0.6) is 0 Å². The SMILES string of the molecule is Cc1cc(Cl)cc2sc(N(Cc3ccco3)C(=O)c3cccc(S(C)(=O)=O)c3)nc12. The second kappa shape index (κ2) is 7.86. The summed E-state index contributed by atoms with van der Waals surface area (Å²) in [7, 11) is -3.45. The van der Waals surface area contributed by atoms with Crippen molar-refractivity contribution in [2.45, 2.75) is 18.4 Å². The Labute approximate surface area is 182 Å². The van der Waals surface area contributed by atoms with Gasteiger partial charge in [-0.05, 0) is 55.0 Å². The Morgan fingerprint density at radius 2 is 2.00 bits per heavy atom. The predicted molar refractivity (Wildman–Crippen MR) is 118 cm³/mol. The van der Waals surface area contributed by atoms with E-state index >= 15 is 0 Å². The first kappa shape index (κ1) is 20.6. The number of aromatic nitrogens is 1. The highest BCUT2D eigenvalue weighted by atomic mass is 35.5. The summed E-state index contributed by atoms with van der Waals surface area (Å²) in [4.78, 5) is 19.6. The average Bonchev–Trinajstić information content (AvgIpc) is 3.34. The van der Waals surface area contributed by atoms with Gasteiger partial charge in [0, 0.05) is 16.8 Å². The minimum absolute atomic E-state index is 0.0817. The molecule has 30 heavy (non-hydrogen) atoms. The lowest BCUT2D eigenvalue weighted by atomic mass is 10.2. The molecule has 2 aromatic carbocycles. The van der Waals surface area contributed by atoms with Crippen molar-refractivity contribution in [3.05, 3.63) is 76.7 Å². The Morgan fingerprint density at radius 1 is 1.20 bits per heavy atom. The molecule has 0 unspecified atom stereocenters. The third-order valence-corrected chi connectivity index (χ3v) is 6.87. The number of carbonyl (C=O) groups excluding carboxylic acids is 1. The smallest absolute Gasteiger partial charge is 0.260 e. The molecule has 0 saturated heterocycles. The predicted octanol–water partition coefficient (Wildman–Crippen LogP) is 5.10. The number of furan rings is 1. The van der Waals surface area contributed by atoms with Gasteiger partial charge in [0.25, 0.3) is 5.91 Å². The van der Waals surface area contributed by atoms with Crippen LogP contribution in [-0.2, 0) is 16.4 Å². The molecule has 0 aliphatic heterocycles. The van der Waals surface area contributed by atoms with Gasteiger partial charge in [-0.15, -0.1) is 0 Å². The molecule has 154 valence electrons. The van der Waals surface area contributed by atoms with Gasteiger partial charge in [-0.2, -0.15) is 0 Å². The Hall–Kier alpha value is -2.68. The first-order chi connectivity index (χ1) is 14.2. The third-order valence-electron chi connectivity index (χ3n) is 4.52. The number of hydrogen-bond acceptors (Lipinski definition) is 6. The van der Waals surface area contributed by atoms with Gasteiger partial charge in [0.2, 0.25) is 0 Å². The summed E-state index contributed by atoms with van der Waals surface area (Å²) in [5.41, 5.74) is 1.92. The maximum atomic E-state index is 13.4. The minimum Gasteiger partial charge on any atom is -0.467 e. The molecule has 0 N–H and O–H groups in total. The number of aryl methyl sites for hydroxylation is 1. The second-order valence-electron chi connectivity index (χ2n) is 6.84. The quantitative estimate of drug-likeness (QED) is 0.413. The van der Waals surface area contributed by atoms with Crippen LogP contribution in [0.3, 0.4) is 0 Å². The highest BCUT2D eigenvalue weighted by molar-refractivity contribution is 7.90. The summed E-state index contributed by atoms with van der Waals surface area (Å²) in [5, 5.41) is 1.07. The summed E-state index contributed by atoms with van der Waals surface area (Å²) in [5.74, 6) is 0.205. The zero-order chi connectivity index (χ0) is 21.5. The maximum Gasteiger partial charge on any atom is 0.260 e. The van der Waals surface area contributed by atoms with Crippen LogP contribution >= 0.6 is 22.9 Å². The van der Waals surface area contributed by atoms with E-state index in [4.69, 9.17) is 16.0 Å². The van der Waals surface area contributed by atoms with Gasteiger partial charge in [0.15, 0.2) is 15.0 Å². The van der Waals surface area contributed by atoms with Gasteiger partial charge in [-0.25, -0.2) is 13.4 Å². The van der Waals surface area contributed by atoms with Crippen molar-refractivity contribution in [3.63, 3.8) is 0 Å². The fraction of sp³-hybridized carbons (Fsp3) is 0.143. The van der Waals surface area contributed by atoms with Gasteiger partial charge in [0.1, 0.15) is 5.76 Å². The lowest BCUT2D eigenvalue weighted by Gasteiger charge is -2.19. The highest BCUT2D eigenvalue weighted by Crippen LogP contribution is 2.34. The summed E-state index contributed by atoms with van der Waals surface area (Å²) in [6.07, 6.45) is 2.64. The molecule has 6 nitrogen and oxygen atoms in total. The Bertz CT molecular complexity index is 1340. The van der Waals surface area contributed by atoms with Crippen LogP contribution < -0.4 is 4.90 Å². The van der Waals surface area contributed by atoms with Crippen molar-refractivity contribution in [2.75, 3.05) is 11.2 Å². The van der Waals surface area contributed by atoms with E-state index in [1.165, 1.54) is 34.6 Å². The number of amides is 1. The van der Waals surface area contributed by atoms with Crippen molar-refractivity contribution in [1.82, 2.24) is 4.98 Å². The average molecular weight is 461 g/mol.